The Morgan fingerprint density at radius 1 is 0.815 bits per heavy atom. The summed E-state index contributed by atoms with van der Waals surface area (Å²) >= 11 is 0. The van der Waals surface area contributed by atoms with Gasteiger partial charge in [0.15, 0.2) is 11.5 Å². The Kier molecular flexibility index (Phi) is 6.42. The maximum absolute atomic E-state index is 5.89. The van der Waals surface area contributed by atoms with E-state index < -0.39 is 0 Å². The Hall–Kier alpha value is -2.44. The Morgan fingerprint density at radius 3 is 2.07 bits per heavy atom. The van der Waals surface area contributed by atoms with Crippen molar-refractivity contribution in [2.75, 3.05) is 53.2 Å². The Morgan fingerprint density at radius 2 is 1.48 bits per heavy atom. The van der Waals surface area contributed by atoms with Gasteiger partial charge >= 0.3 is 0 Å². The van der Waals surface area contributed by atoms with E-state index in [0.29, 0.717) is 11.5 Å². The van der Waals surface area contributed by atoms with Gasteiger partial charge in [-0.15, -0.1) is 0 Å². The SMILES string of the molecule is COc1ccc(CN2CCN(Cc3cccc(N)c3)CC2)c(OC)c1OC. The summed E-state index contributed by atoms with van der Waals surface area (Å²) in [5.74, 6) is 2.09. The molecule has 1 fully saturated rings. The summed E-state index contributed by atoms with van der Waals surface area (Å²) in [6.07, 6.45) is 0. The summed E-state index contributed by atoms with van der Waals surface area (Å²) in [5.41, 5.74) is 9.09. The largest absolute Gasteiger partial charge is 0.493 e. The number of nitrogen functional groups attached to an aromatic ring is 1. The van der Waals surface area contributed by atoms with E-state index in [4.69, 9.17) is 19.9 Å². The van der Waals surface area contributed by atoms with Crippen LogP contribution in [0, 0.1) is 0 Å². The fraction of sp³-hybridized carbons (Fsp3) is 0.429. The van der Waals surface area contributed by atoms with Gasteiger partial charge in [0.2, 0.25) is 5.75 Å². The van der Waals surface area contributed by atoms with Gasteiger partial charge in [0, 0.05) is 50.5 Å². The van der Waals surface area contributed by atoms with Crippen LogP contribution in [0.2, 0.25) is 0 Å². The molecular weight excluding hydrogens is 342 g/mol. The summed E-state index contributed by atoms with van der Waals surface area (Å²) < 4.78 is 16.5. The normalized spacial score (nSPS) is 15.5. The third kappa shape index (κ3) is 4.64. The molecule has 0 aliphatic carbocycles. The smallest absolute Gasteiger partial charge is 0.203 e. The third-order valence-electron chi connectivity index (χ3n) is 5.00. The Balaban J connectivity index is 1.61. The molecule has 2 N–H and O–H groups in total. The molecule has 1 saturated heterocycles. The third-order valence-corrected chi connectivity index (χ3v) is 5.00. The van der Waals surface area contributed by atoms with Crippen LogP contribution in [-0.4, -0.2) is 57.3 Å². The molecule has 0 saturated carbocycles. The molecule has 0 spiro atoms. The molecule has 2 aromatic rings. The van der Waals surface area contributed by atoms with Crippen LogP contribution >= 0.6 is 0 Å². The Bertz CT molecular complexity index is 758. The van der Waals surface area contributed by atoms with Crippen molar-refractivity contribution in [3.63, 3.8) is 0 Å². The topological polar surface area (TPSA) is 60.2 Å². The van der Waals surface area contributed by atoms with E-state index in [0.717, 1.165) is 56.3 Å². The predicted octanol–water partition coefficient (Wildman–Crippen LogP) is 2.61. The minimum absolute atomic E-state index is 0.651. The average molecular weight is 371 g/mol. The second kappa shape index (κ2) is 8.97. The summed E-state index contributed by atoms with van der Waals surface area (Å²) in [6, 6.07) is 12.1. The van der Waals surface area contributed by atoms with E-state index in [-0.39, 0.29) is 0 Å². The van der Waals surface area contributed by atoms with Crippen LogP contribution in [0.4, 0.5) is 5.69 Å². The van der Waals surface area contributed by atoms with Crippen LogP contribution in [0.5, 0.6) is 17.2 Å². The molecule has 2 aromatic carbocycles. The highest BCUT2D eigenvalue weighted by Crippen LogP contribution is 2.40. The fourth-order valence-electron chi connectivity index (χ4n) is 3.58. The molecule has 0 atom stereocenters. The second-order valence-corrected chi connectivity index (χ2v) is 6.79. The van der Waals surface area contributed by atoms with E-state index in [1.54, 1.807) is 21.3 Å². The van der Waals surface area contributed by atoms with Crippen molar-refractivity contribution in [2.24, 2.45) is 0 Å². The van der Waals surface area contributed by atoms with Gasteiger partial charge in [-0.2, -0.15) is 0 Å². The van der Waals surface area contributed by atoms with Gasteiger partial charge in [-0.3, -0.25) is 9.80 Å². The molecule has 0 amide bonds. The highest BCUT2D eigenvalue weighted by molar-refractivity contribution is 5.55. The molecule has 1 aliphatic rings. The number of hydrogen-bond acceptors (Lipinski definition) is 6. The minimum Gasteiger partial charge on any atom is -0.493 e. The predicted molar refractivity (Wildman–Crippen MR) is 108 cm³/mol. The number of benzene rings is 2. The molecule has 1 heterocycles. The number of ether oxygens (including phenoxy) is 3. The van der Waals surface area contributed by atoms with Crippen LogP contribution in [0.25, 0.3) is 0 Å². The number of anilines is 1. The van der Waals surface area contributed by atoms with E-state index in [2.05, 4.69) is 28.0 Å². The van der Waals surface area contributed by atoms with Gasteiger partial charge in [-0.25, -0.2) is 0 Å². The number of piperazine rings is 1. The summed E-state index contributed by atoms with van der Waals surface area (Å²) in [6.45, 7) is 5.86. The van der Waals surface area contributed by atoms with E-state index in [9.17, 15) is 0 Å². The quantitative estimate of drug-likeness (QED) is 0.755. The molecule has 146 valence electrons. The van der Waals surface area contributed by atoms with Crippen LogP contribution in [0.15, 0.2) is 36.4 Å². The zero-order valence-corrected chi connectivity index (χ0v) is 16.4. The van der Waals surface area contributed by atoms with Crippen LogP contribution in [0.1, 0.15) is 11.1 Å². The van der Waals surface area contributed by atoms with Gasteiger partial charge < -0.3 is 19.9 Å². The molecule has 1 aliphatic heterocycles. The lowest BCUT2D eigenvalue weighted by molar-refractivity contribution is 0.121. The molecule has 27 heavy (non-hydrogen) atoms. The summed E-state index contributed by atoms with van der Waals surface area (Å²) in [5, 5.41) is 0. The summed E-state index contributed by atoms with van der Waals surface area (Å²) in [4.78, 5) is 4.91. The number of nitrogens with two attached hydrogens (primary N) is 1. The molecule has 0 bridgehead atoms. The van der Waals surface area contributed by atoms with Crippen molar-refractivity contribution in [1.29, 1.82) is 0 Å². The maximum Gasteiger partial charge on any atom is 0.203 e. The van der Waals surface area contributed by atoms with Crippen molar-refractivity contribution in [3.05, 3.63) is 47.5 Å². The lowest BCUT2D eigenvalue weighted by Gasteiger charge is -2.35. The van der Waals surface area contributed by atoms with Gasteiger partial charge in [-0.1, -0.05) is 18.2 Å². The molecule has 6 heteroatoms. The fourth-order valence-corrected chi connectivity index (χ4v) is 3.58. The zero-order chi connectivity index (χ0) is 19.2. The maximum atomic E-state index is 5.89. The van der Waals surface area contributed by atoms with Crippen molar-refractivity contribution < 1.29 is 14.2 Å². The lowest BCUT2D eigenvalue weighted by Crippen LogP contribution is -2.45. The highest BCUT2D eigenvalue weighted by Gasteiger charge is 2.21. The highest BCUT2D eigenvalue weighted by atomic mass is 16.5. The van der Waals surface area contributed by atoms with E-state index >= 15 is 0 Å². The van der Waals surface area contributed by atoms with Crippen LogP contribution in [0.3, 0.4) is 0 Å². The molecule has 6 nitrogen and oxygen atoms in total. The van der Waals surface area contributed by atoms with Gasteiger partial charge in [0.25, 0.3) is 0 Å². The molecule has 0 aromatic heterocycles. The monoisotopic (exact) mass is 371 g/mol. The Labute approximate surface area is 161 Å². The van der Waals surface area contributed by atoms with E-state index in [1.165, 1.54) is 5.56 Å². The average Bonchev–Trinajstić information content (AvgIpc) is 2.69. The molecular formula is C21H29N3O3. The number of methoxy groups -OCH3 is 3. The molecule has 0 radical (unpaired) electrons. The second-order valence-electron chi connectivity index (χ2n) is 6.79. The number of hydrogen-bond donors (Lipinski definition) is 1. The molecule has 3 rings (SSSR count). The first kappa shape index (κ1) is 19.3. The van der Waals surface area contributed by atoms with Gasteiger partial charge in [-0.05, 0) is 23.8 Å². The van der Waals surface area contributed by atoms with Crippen LogP contribution in [-0.2, 0) is 13.1 Å². The molecule has 0 unspecified atom stereocenters. The minimum atomic E-state index is 0.651. The number of nitrogens with zero attached hydrogens (tertiary/aromatic N) is 2. The first-order chi connectivity index (χ1) is 13.1. The zero-order valence-electron chi connectivity index (χ0n) is 16.4. The lowest BCUT2D eigenvalue weighted by atomic mass is 10.1. The first-order valence-electron chi connectivity index (χ1n) is 9.21. The van der Waals surface area contributed by atoms with Crippen molar-refractivity contribution >= 4 is 5.69 Å². The number of rotatable bonds is 7. The first-order valence-corrected chi connectivity index (χ1v) is 9.21. The van der Waals surface area contributed by atoms with Crippen molar-refractivity contribution in [2.45, 2.75) is 13.1 Å². The standard InChI is InChI=1S/C21H29N3O3/c1-25-19-8-7-17(20(26-2)21(19)27-3)15-24-11-9-23(10-12-24)14-16-5-4-6-18(22)13-16/h4-8,13H,9-12,14-15,22H2,1-3H3. The van der Waals surface area contributed by atoms with Crippen LogP contribution < -0.4 is 19.9 Å². The summed E-state index contributed by atoms with van der Waals surface area (Å²) in [7, 11) is 4.94. The van der Waals surface area contributed by atoms with E-state index in [1.807, 2.05) is 18.2 Å². The van der Waals surface area contributed by atoms with Gasteiger partial charge in [0.1, 0.15) is 0 Å². The van der Waals surface area contributed by atoms with Gasteiger partial charge in [0.05, 0.1) is 21.3 Å². The van der Waals surface area contributed by atoms with Crippen molar-refractivity contribution in [3.8, 4) is 17.2 Å². The van der Waals surface area contributed by atoms with Crippen molar-refractivity contribution in [1.82, 2.24) is 9.80 Å².